The zero-order chi connectivity index (χ0) is 14.7. The van der Waals surface area contributed by atoms with Crippen molar-refractivity contribution in [2.45, 2.75) is 44.1 Å². The smallest absolute Gasteiger partial charge is 0.169 e. The zero-order valence-electron chi connectivity index (χ0n) is 12.2. The molecule has 0 amide bonds. The Balaban J connectivity index is 1.77. The summed E-state index contributed by atoms with van der Waals surface area (Å²) in [5.74, 6) is 0.838. The molecule has 3 aromatic rings. The maximum Gasteiger partial charge on any atom is 0.169 e. The first-order chi connectivity index (χ1) is 10.3. The Morgan fingerprint density at radius 1 is 1.14 bits per heavy atom. The van der Waals surface area contributed by atoms with Gasteiger partial charge in [0, 0.05) is 13.0 Å². The summed E-state index contributed by atoms with van der Waals surface area (Å²) in [5, 5.41) is 11.8. The van der Waals surface area contributed by atoms with Gasteiger partial charge in [-0.2, -0.15) is 0 Å². The number of imidazole rings is 1. The van der Waals surface area contributed by atoms with Crippen LogP contribution in [0.4, 0.5) is 0 Å². The Labute approximate surface area is 132 Å². The van der Waals surface area contributed by atoms with Gasteiger partial charge in [0.05, 0.1) is 16.8 Å². The van der Waals surface area contributed by atoms with Crippen LogP contribution in [0.1, 0.15) is 30.3 Å². The fourth-order valence-corrected chi connectivity index (χ4v) is 4.27. The minimum atomic E-state index is 0.838. The van der Waals surface area contributed by atoms with Crippen LogP contribution in [0, 0.1) is 0 Å². The number of aryl methyl sites for hydroxylation is 2. The summed E-state index contributed by atoms with van der Waals surface area (Å²) in [6.45, 7) is 5.25. The number of fused-ring (bicyclic) bond motifs is 1. The fourth-order valence-electron chi connectivity index (χ4n) is 2.26. The summed E-state index contributed by atoms with van der Waals surface area (Å²) >= 11 is 3.46. The normalized spacial score (nSPS) is 11.3. The molecule has 0 spiro atoms. The Bertz CT molecular complexity index is 732. The summed E-state index contributed by atoms with van der Waals surface area (Å²) < 4.78 is 2.26. The predicted octanol–water partition coefficient (Wildman–Crippen LogP) is 4.15. The van der Waals surface area contributed by atoms with Crippen LogP contribution in [0.25, 0.3) is 11.0 Å². The average Bonchev–Trinajstić information content (AvgIpc) is 3.09. The van der Waals surface area contributed by atoms with Gasteiger partial charge >= 0.3 is 0 Å². The van der Waals surface area contributed by atoms with Gasteiger partial charge < -0.3 is 4.57 Å². The van der Waals surface area contributed by atoms with Crippen LogP contribution in [-0.2, 0) is 18.7 Å². The molecule has 0 fully saturated rings. The summed E-state index contributed by atoms with van der Waals surface area (Å²) in [5.41, 5.74) is 2.26. The highest BCUT2D eigenvalue weighted by molar-refractivity contribution is 7.98. The largest absolute Gasteiger partial charge is 0.319 e. The lowest BCUT2D eigenvalue weighted by Gasteiger charge is -2.03. The van der Waals surface area contributed by atoms with Gasteiger partial charge in [-0.1, -0.05) is 30.8 Å². The number of para-hydroxylation sites is 2. The Morgan fingerprint density at radius 2 is 1.95 bits per heavy atom. The third kappa shape index (κ3) is 3.11. The van der Waals surface area contributed by atoms with E-state index < -0.39 is 0 Å². The van der Waals surface area contributed by atoms with Gasteiger partial charge in [-0.15, -0.1) is 21.5 Å². The van der Waals surface area contributed by atoms with Crippen LogP contribution in [0.15, 0.2) is 29.4 Å². The highest BCUT2D eigenvalue weighted by atomic mass is 32.2. The molecular formula is C15H18N4S2. The average molecular weight is 318 g/mol. The molecule has 0 unspecified atom stereocenters. The van der Waals surface area contributed by atoms with Crippen molar-refractivity contribution in [1.29, 1.82) is 0 Å². The molecule has 0 aliphatic heterocycles. The van der Waals surface area contributed by atoms with Crippen molar-refractivity contribution in [2.24, 2.45) is 0 Å². The second kappa shape index (κ2) is 6.58. The lowest BCUT2D eigenvalue weighted by atomic mass is 10.3. The van der Waals surface area contributed by atoms with E-state index in [2.05, 4.69) is 46.8 Å². The summed E-state index contributed by atoms with van der Waals surface area (Å²) in [7, 11) is 0. The second-order valence-electron chi connectivity index (χ2n) is 4.76. The Kier molecular flexibility index (Phi) is 4.55. The van der Waals surface area contributed by atoms with Crippen molar-refractivity contribution in [2.75, 3.05) is 0 Å². The van der Waals surface area contributed by atoms with Crippen molar-refractivity contribution in [3.8, 4) is 0 Å². The minimum Gasteiger partial charge on any atom is -0.319 e. The van der Waals surface area contributed by atoms with Crippen molar-refractivity contribution < 1.29 is 0 Å². The lowest BCUT2D eigenvalue weighted by Crippen LogP contribution is -1.96. The molecule has 0 atom stereocenters. The first-order valence-electron chi connectivity index (χ1n) is 7.21. The van der Waals surface area contributed by atoms with Gasteiger partial charge in [0.15, 0.2) is 5.16 Å². The molecule has 0 bridgehead atoms. The van der Waals surface area contributed by atoms with E-state index in [4.69, 9.17) is 4.98 Å². The van der Waals surface area contributed by atoms with Gasteiger partial charge in [-0.25, -0.2) is 4.98 Å². The van der Waals surface area contributed by atoms with Crippen LogP contribution >= 0.6 is 23.1 Å². The second-order valence-corrected chi connectivity index (χ2v) is 6.84. The third-order valence-electron chi connectivity index (χ3n) is 3.23. The molecule has 0 saturated carbocycles. The maximum atomic E-state index is 4.72. The fraction of sp³-hybridized carbons (Fsp3) is 0.400. The standard InChI is InChI=1S/C15H18N4S2/c1-3-7-13-17-18-14(21-13)10-20-15-16-11-8-5-6-9-12(11)19(15)4-2/h5-6,8-9H,3-4,7,10H2,1-2H3. The number of nitrogens with zero attached hydrogens (tertiary/aromatic N) is 4. The molecule has 0 aliphatic carbocycles. The SMILES string of the molecule is CCCc1nnc(CSc2nc3ccccc3n2CC)s1. The predicted molar refractivity (Wildman–Crippen MR) is 88.9 cm³/mol. The highest BCUT2D eigenvalue weighted by Crippen LogP contribution is 2.27. The topological polar surface area (TPSA) is 43.6 Å². The van der Waals surface area contributed by atoms with E-state index in [0.29, 0.717) is 0 Å². The summed E-state index contributed by atoms with van der Waals surface area (Å²) in [6.07, 6.45) is 2.14. The quantitative estimate of drug-likeness (QED) is 0.640. The molecule has 2 heterocycles. The number of thioether (sulfide) groups is 1. The van der Waals surface area contributed by atoms with Crippen LogP contribution in [-0.4, -0.2) is 19.7 Å². The third-order valence-corrected chi connectivity index (χ3v) is 5.39. The van der Waals surface area contributed by atoms with E-state index in [9.17, 15) is 0 Å². The van der Waals surface area contributed by atoms with Gasteiger partial charge in [-0.3, -0.25) is 0 Å². The summed E-state index contributed by atoms with van der Waals surface area (Å²) in [4.78, 5) is 4.72. The minimum absolute atomic E-state index is 0.838. The first-order valence-corrected chi connectivity index (χ1v) is 9.01. The van der Waals surface area contributed by atoms with Crippen molar-refractivity contribution in [3.63, 3.8) is 0 Å². The van der Waals surface area contributed by atoms with Crippen molar-refractivity contribution in [3.05, 3.63) is 34.3 Å². The molecule has 0 aliphatic rings. The van der Waals surface area contributed by atoms with Gasteiger partial charge in [-0.05, 0) is 25.5 Å². The molecule has 0 saturated heterocycles. The van der Waals surface area contributed by atoms with Gasteiger partial charge in [0.25, 0.3) is 0 Å². The van der Waals surface area contributed by atoms with E-state index in [1.807, 2.05) is 6.07 Å². The molecule has 110 valence electrons. The van der Waals surface area contributed by atoms with E-state index in [-0.39, 0.29) is 0 Å². The van der Waals surface area contributed by atoms with Gasteiger partial charge in [0.1, 0.15) is 10.0 Å². The molecule has 2 aromatic heterocycles. The number of hydrogen-bond donors (Lipinski definition) is 0. The molecule has 3 rings (SSSR count). The molecule has 4 nitrogen and oxygen atoms in total. The van der Waals surface area contributed by atoms with Crippen molar-refractivity contribution in [1.82, 2.24) is 19.7 Å². The highest BCUT2D eigenvalue weighted by Gasteiger charge is 2.11. The monoisotopic (exact) mass is 318 g/mol. The van der Waals surface area contributed by atoms with Gasteiger partial charge in [0.2, 0.25) is 0 Å². The molecule has 0 N–H and O–H groups in total. The Morgan fingerprint density at radius 3 is 2.76 bits per heavy atom. The number of hydrogen-bond acceptors (Lipinski definition) is 5. The van der Waals surface area contributed by atoms with E-state index in [1.165, 1.54) is 5.52 Å². The maximum absolute atomic E-state index is 4.72. The lowest BCUT2D eigenvalue weighted by molar-refractivity contribution is 0.702. The number of rotatable bonds is 6. The Hall–Kier alpha value is -1.40. The number of benzene rings is 1. The first kappa shape index (κ1) is 14.5. The molecule has 21 heavy (non-hydrogen) atoms. The van der Waals surface area contributed by atoms with E-state index in [1.54, 1.807) is 23.1 Å². The van der Waals surface area contributed by atoms with Crippen LogP contribution < -0.4 is 0 Å². The molecular weight excluding hydrogens is 300 g/mol. The molecule has 6 heteroatoms. The molecule has 1 aromatic carbocycles. The number of aromatic nitrogens is 4. The van der Waals surface area contributed by atoms with Crippen LogP contribution in [0.5, 0.6) is 0 Å². The summed E-state index contributed by atoms with van der Waals surface area (Å²) in [6, 6.07) is 8.29. The van der Waals surface area contributed by atoms with Crippen LogP contribution in [0.2, 0.25) is 0 Å². The van der Waals surface area contributed by atoms with E-state index >= 15 is 0 Å². The molecule has 0 radical (unpaired) electrons. The van der Waals surface area contributed by atoms with Crippen LogP contribution in [0.3, 0.4) is 0 Å². The van der Waals surface area contributed by atoms with Crippen molar-refractivity contribution >= 4 is 34.1 Å². The zero-order valence-corrected chi connectivity index (χ0v) is 13.9. The van der Waals surface area contributed by atoms with E-state index in [0.717, 1.165) is 45.8 Å².